The lowest BCUT2D eigenvalue weighted by Crippen LogP contribution is -2.38. The van der Waals surface area contributed by atoms with Crippen molar-refractivity contribution in [3.05, 3.63) is 12.7 Å². The van der Waals surface area contributed by atoms with Gasteiger partial charge < -0.3 is 25.4 Å². The van der Waals surface area contributed by atoms with Crippen molar-refractivity contribution in [3.8, 4) is 0 Å². The first kappa shape index (κ1) is 17.5. The number of carbonyl (C=O) groups is 1. The van der Waals surface area contributed by atoms with Crippen LogP contribution in [0, 0.1) is 0 Å². The summed E-state index contributed by atoms with van der Waals surface area (Å²) in [7, 11) is 3.44. The molecule has 0 aromatic carbocycles. The number of hydrogen-bond donors (Lipinski definition) is 3. The Morgan fingerprint density at radius 2 is 2.20 bits per heavy atom. The van der Waals surface area contributed by atoms with E-state index in [9.17, 15) is 15.0 Å². The molecule has 4 atom stereocenters. The first-order chi connectivity index (χ1) is 11.9. The highest BCUT2D eigenvalue weighted by Gasteiger charge is 2.47. The molecule has 11 nitrogen and oxygen atoms in total. The Balaban J connectivity index is 1.93. The summed E-state index contributed by atoms with van der Waals surface area (Å²) in [6, 6.07) is 0. The summed E-state index contributed by atoms with van der Waals surface area (Å²) in [6.07, 6.45) is -1.34. The van der Waals surface area contributed by atoms with E-state index >= 15 is 0 Å². The van der Waals surface area contributed by atoms with Crippen LogP contribution in [0.4, 0.5) is 5.82 Å². The van der Waals surface area contributed by atoms with Crippen molar-refractivity contribution in [1.82, 2.24) is 24.4 Å². The van der Waals surface area contributed by atoms with Gasteiger partial charge in [-0.1, -0.05) is 0 Å². The van der Waals surface area contributed by atoms with Crippen molar-refractivity contribution in [2.45, 2.75) is 24.5 Å². The van der Waals surface area contributed by atoms with Crippen LogP contribution in [0.15, 0.2) is 12.7 Å². The number of nitrogen functional groups attached to an aromatic ring is 1. The number of esters is 1. The summed E-state index contributed by atoms with van der Waals surface area (Å²) in [5, 5.41) is 19.8. The Kier molecular flexibility index (Phi) is 4.81. The van der Waals surface area contributed by atoms with Crippen molar-refractivity contribution in [2.75, 3.05) is 33.0 Å². The average molecular weight is 352 g/mol. The third kappa shape index (κ3) is 3.26. The minimum Gasteiger partial charge on any atom is -0.454 e. The highest BCUT2D eigenvalue weighted by molar-refractivity contribution is 5.81. The number of anilines is 1. The number of hydrogen-bond acceptors (Lipinski definition) is 10. The molecule has 136 valence electrons. The zero-order valence-corrected chi connectivity index (χ0v) is 13.8. The van der Waals surface area contributed by atoms with Gasteiger partial charge in [0.25, 0.3) is 0 Å². The number of aromatic nitrogens is 4. The molecule has 3 heterocycles. The normalized spacial score (nSPS) is 26.4. The Hall–Kier alpha value is -2.34. The maximum absolute atomic E-state index is 12.0. The van der Waals surface area contributed by atoms with Crippen molar-refractivity contribution in [2.24, 2.45) is 0 Å². The molecule has 0 bridgehead atoms. The number of likely N-dealkylation sites (N-methyl/N-ethyl adjacent to an activating group) is 1. The van der Waals surface area contributed by atoms with Gasteiger partial charge in [-0.15, -0.1) is 0 Å². The molecule has 1 aliphatic rings. The number of nitrogens with two attached hydrogens (primary N) is 1. The van der Waals surface area contributed by atoms with E-state index in [1.165, 1.54) is 17.2 Å². The molecular formula is C14H20N6O5. The van der Waals surface area contributed by atoms with E-state index in [-0.39, 0.29) is 12.4 Å². The predicted molar refractivity (Wildman–Crippen MR) is 85.2 cm³/mol. The number of fused-ring (bicyclic) bond motifs is 1. The fourth-order valence-electron chi connectivity index (χ4n) is 2.72. The van der Waals surface area contributed by atoms with E-state index in [0.717, 1.165) is 0 Å². The summed E-state index contributed by atoms with van der Waals surface area (Å²) in [4.78, 5) is 25.8. The van der Waals surface area contributed by atoms with E-state index in [2.05, 4.69) is 15.0 Å². The molecule has 1 unspecified atom stereocenters. The van der Waals surface area contributed by atoms with Crippen LogP contribution in [0.2, 0.25) is 0 Å². The zero-order valence-electron chi connectivity index (χ0n) is 13.8. The first-order valence-electron chi connectivity index (χ1n) is 7.64. The summed E-state index contributed by atoms with van der Waals surface area (Å²) in [5.41, 5.74) is 6.51. The van der Waals surface area contributed by atoms with Gasteiger partial charge in [0, 0.05) is 0 Å². The Bertz CT molecular complexity index is 765. The third-order valence-electron chi connectivity index (χ3n) is 3.87. The van der Waals surface area contributed by atoms with Gasteiger partial charge in [0.1, 0.15) is 24.1 Å². The van der Waals surface area contributed by atoms with E-state index in [0.29, 0.717) is 11.2 Å². The quantitative estimate of drug-likeness (QED) is 0.522. The molecule has 2 aromatic rings. The first-order valence-corrected chi connectivity index (χ1v) is 7.64. The summed E-state index contributed by atoms with van der Waals surface area (Å²) >= 11 is 0. The molecule has 3 rings (SSSR count). The number of imidazole rings is 1. The Morgan fingerprint density at radius 1 is 1.44 bits per heavy atom. The summed E-state index contributed by atoms with van der Waals surface area (Å²) in [6.45, 7) is -0.386. The lowest BCUT2D eigenvalue weighted by atomic mass is 10.1. The Labute approximate surface area is 143 Å². The van der Waals surface area contributed by atoms with Crippen LogP contribution in [-0.4, -0.2) is 86.2 Å². The average Bonchev–Trinajstić information content (AvgIpc) is 3.10. The van der Waals surface area contributed by atoms with Gasteiger partial charge in [0.05, 0.1) is 19.5 Å². The minimum absolute atomic E-state index is 0.0412. The van der Waals surface area contributed by atoms with Crippen LogP contribution < -0.4 is 5.73 Å². The van der Waals surface area contributed by atoms with E-state index in [1.54, 1.807) is 19.0 Å². The van der Waals surface area contributed by atoms with Crippen molar-refractivity contribution in [1.29, 1.82) is 0 Å². The van der Waals surface area contributed by atoms with Crippen molar-refractivity contribution >= 4 is 23.0 Å². The number of ether oxygens (including phenoxy) is 2. The largest absolute Gasteiger partial charge is 0.454 e. The van der Waals surface area contributed by atoms with E-state index in [1.807, 2.05) is 0 Å². The zero-order chi connectivity index (χ0) is 18.1. The molecule has 2 aromatic heterocycles. The van der Waals surface area contributed by atoms with Gasteiger partial charge in [0.15, 0.2) is 23.8 Å². The van der Waals surface area contributed by atoms with Crippen LogP contribution in [0.3, 0.4) is 0 Å². The molecule has 1 aliphatic heterocycles. The van der Waals surface area contributed by atoms with E-state index in [4.69, 9.17) is 15.2 Å². The van der Waals surface area contributed by atoms with Crippen LogP contribution in [-0.2, 0) is 14.3 Å². The molecule has 0 amide bonds. The third-order valence-corrected chi connectivity index (χ3v) is 3.87. The highest BCUT2D eigenvalue weighted by Crippen LogP contribution is 2.33. The van der Waals surface area contributed by atoms with Crippen molar-refractivity contribution < 1.29 is 24.5 Å². The van der Waals surface area contributed by atoms with Crippen LogP contribution in [0.5, 0.6) is 0 Å². The second kappa shape index (κ2) is 6.88. The molecule has 11 heteroatoms. The van der Waals surface area contributed by atoms with Gasteiger partial charge >= 0.3 is 5.97 Å². The van der Waals surface area contributed by atoms with E-state index < -0.39 is 37.1 Å². The summed E-state index contributed by atoms with van der Waals surface area (Å²) < 4.78 is 12.6. The SMILES string of the molecule is CN(C)CC(=O)O[C@H]1C(O)[C@@H](CO)O[C@H]1n1cnc2c(N)ncnc21. The van der Waals surface area contributed by atoms with Gasteiger partial charge in [-0.05, 0) is 14.1 Å². The number of nitrogens with zero attached hydrogens (tertiary/aromatic N) is 5. The number of rotatable bonds is 5. The highest BCUT2D eigenvalue weighted by atomic mass is 16.6. The van der Waals surface area contributed by atoms with Gasteiger partial charge in [-0.3, -0.25) is 14.3 Å². The molecule has 1 saturated heterocycles. The lowest BCUT2D eigenvalue weighted by Gasteiger charge is -2.22. The second-order valence-corrected chi connectivity index (χ2v) is 6.01. The maximum Gasteiger partial charge on any atom is 0.320 e. The fourth-order valence-corrected chi connectivity index (χ4v) is 2.72. The molecule has 0 spiro atoms. The lowest BCUT2D eigenvalue weighted by molar-refractivity contribution is -0.159. The Morgan fingerprint density at radius 3 is 2.88 bits per heavy atom. The molecule has 4 N–H and O–H groups in total. The topological polar surface area (TPSA) is 149 Å². The second-order valence-electron chi connectivity index (χ2n) is 6.01. The van der Waals surface area contributed by atoms with Crippen LogP contribution >= 0.6 is 0 Å². The van der Waals surface area contributed by atoms with Gasteiger partial charge in [-0.2, -0.15) is 0 Å². The fraction of sp³-hybridized carbons (Fsp3) is 0.571. The number of aliphatic hydroxyl groups excluding tert-OH is 2. The van der Waals surface area contributed by atoms with Crippen molar-refractivity contribution in [3.63, 3.8) is 0 Å². The number of carbonyl (C=O) groups excluding carboxylic acids is 1. The maximum atomic E-state index is 12.0. The molecule has 0 aliphatic carbocycles. The minimum atomic E-state index is -1.20. The number of aliphatic hydroxyl groups is 2. The van der Waals surface area contributed by atoms with Gasteiger partial charge in [0.2, 0.25) is 0 Å². The molecule has 0 saturated carbocycles. The summed E-state index contributed by atoms with van der Waals surface area (Å²) in [5.74, 6) is -0.332. The standard InChI is InChI=1S/C14H20N6O5/c1-19(2)3-8(22)25-11-10(23)7(4-21)24-14(11)20-6-18-9-12(15)16-5-17-13(9)20/h5-7,10-11,14,21,23H,3-4H2,1-2H3,(H2,15,16,17)/t7-,10?,11+,14-/m1/s1. The molecular weight excluding hydrogens is 332 g/mol. The van der Waals surface area contributed by atoms with Crippen LogP contribution in [0.25, 0.3) is 11.2 Å². The monoisotopic (exact) mass is 352 g/mol. The van der Waals surface area contributed by atoms with Gasteiger partial charge in [-0.25, -0.2) is 15.0 Å². The predicted octanol–water partition coefficient (Wildman–Crippen LogP) is -1.87. The van der Waals surface area contributed by atoms with Crippen LogP contribution in [0.1, 0.15) is 6.23 Å². The smallest absolute Gasteiger partial charge is 0.320 e. The molecule has 25 heavy (non-hydrogen) atoms. The molecule has 0 radical (unpaired) electrons. The molecule has 1 fully saturated rings.